The molecular weight excluding hydrogens is 715 g/mol. The van der Waals surface area contributed by atoms with E-state index in [-0.39, 0.29) is 12.1 Å². The largest absolute Gasteiger partial charge is 0.317 e. The maximum atomic E-state index is 2.64. The molecule has 0 radical (unpaired) electrons. The molecule has 0 atom stereocenters. The van der Waals surface area contributed by atoms with Gasteiger partial charge in [0.2, 0.25) is 0 Å². The van der Waals surface area contributed by atoms with Crippen molar-refractivity contribution >= 4 is 80.0 Å². The van der Waals surface area contributed by atoms with Gasteiger partial charge in [-0.25, -0.2) is 0 Å². The number of fused-ring (bicyclic) bond motifs is 7. The molecular formula is C54H43BN4. The lowest BCUT2D eigenvalue weighted by Crippen LogP contribution is -2.63. The summed E-state index contributed by atoms with van der Waals surface area (Å²) in [5, 5.41) is 0. The Kier molecular flexibility index (Phi) is 7.09. The van der Waals surface area contributed by atoms with Crippen LogP contribution in [0.1, 0.15) is 38.8 Å². The molecule has 0 saturated carbocycles. The molecule has 0 aromatic heterocycles. The van der Waals surface area contributed by atoms with Crippen LogP contribution in [0, 0.1) is 0 Å². The lowest BCUT2D eigenvalue weighted by Gasteiger charge is -2.47. The van der Waals surface area contributed by atoms with E-state index in [1.165, 1.54) is 72.8 Å². The Balaban J connectivity index is 1.21. The molecule has 282 valence electrons. The first-order valence-electron chi connectivity index (χ1n) is 20.8. The van der Waals surface area contributed by atoms with Crippen molar-refractivity contribution in [2.45, 2.75) is 38.8 Å². The molecule has 59 heavy (non-hydrogen) atoms. The van der Waals surface area contributed by atoms with E-state index in [1.807, 2.05) is 0 Å². The van der Waals surface area contributed by atoms with Crippen LogP contribution in [0.25, 0.3) is 11.1 Å². The molecule has 0 bridgehead atoms. The number of hydrogen-bond acceptors (Lipinski definition) is 4. The lowest BCUT2D eigenvalue weighted by atomic mass is 9.33. The number of anilines is 10. The van der Waals surface area contributed by atoms with Crippen molar-refractivity contribution in [3.05, 3.63) is 199 Å². The van der Waals surface area contributed by atoms with E-state index >= 15 is 0 Å². The Labute approximate surface area is 347 Å². The molecule has 4 aliphatic rings. The highest BCUT2D eigenvalue weighted by Gasteiger charge is 2.54. The minimum absolute atomic E-state index is 0.0224. The van der Waals surface area contributed by atoms with Gasteiger partial charge in [0.25, 0.3) is 6.71 Å². The third-order valence-corrected chi connectivity index (χ3v) is 13.4. The highest BCUT2D eigenvalue weighted by atomic mass is 15.5. The Morgan fingerprint density at radius 2 is 1.02 bits per heavy atom. The normalized spacial score (nSPS) is 15.6. The molecule has 8 aromatic rings. The summed E-state index contributed by atoms with van der Waals surface area (Å²) in [4.78, 5) is 10.2. The fourth-order valence-corrected chi connectivity index (χ4v) is 11.0. The second-order valence-electron chi connectivity index (χ2n) is 17.4. The molecule has 1 aliphatic carbocycles. The van der Waals surface area contributed by atoms with Gasteiger partial charge < -0.3 is 19.6 Å². The smallest absolute Gasteiger partial charge is 0.252 e. The van der Waals surface area contributed by atoms with Crippen molar-refractivity contribution in [3.63, 3.8) is 0 Å². The third kappa shape index (κ3) is 4.67. The van der Waals surface area contributed by atoms with E-state index in [4.69, 9.17) is 0 Å². The van der Waals surface area contributed by atoms with E-state index < -0.39 is 5.66 Å². The van der Waals surface area contributed by atoms with Crippen molar-refractivity contribution in [1.82, 2.24) is 0 Å². The molecule has 3 aliphatic heterocycles. The van der Waals surface area contributed by atoms with Crippen LogP contribution in [-0.2, 0) is 5.41 Å². The van der Waals surface area contributed by atoms with Crippen LogP contribution in [0.4, 0.5) is 56.9 Å². The summed E-state index contributed by atoms with van der Waals surface area (Å²) in [6.07, 6.45) is 0. The van der Waals surface area contributed by atoms with E-state index in [0.717, 1.165) is 22.7 Å². The molecule has 0 N–H and O–H groups in total. The van der Waals surface area contributed by atoms with Crippen molar-refractivity contribution < 1.29 is 0 Å². The first kappa shape index (κ1) is 34.1. The molecule has 0 fully saturated rings. The van der Waals surface area contributed by atoms with Crippen molar-refractivity contribution in [2.24, 2.45) is 0 Å². The van der Waals surface area contributed by atoms with Crippen LogP contribution in [0.5, 0.6) is 0 Å². The van der Waals surface area contributed by atoms with Gasteiger partial charge in [0, 0.05) is 50.9 Å². The average Bonchev–Trinajstić information content (AvgIpc) is 3.65. The summed E-state index contributed by atoms with van der Waals surface area (Å²) in [7, 11) is 0. The first-order valence-corrected chi connectivity index (χ1v) is 20.8. The molecule has 5 heteroatoms. The number of rotatable bonds is 5. The van der Waals surface area contributed by atoms with Crippen LogP contribution in [0.15, 0.2) is 188 Å². The lowest BCUT2D eigenvalue weighted by molar-refractivity contribution is 0.541. The Morgan fingerprint density at radius 3 is 1.69 bits per heavy atom. The van der Waals surface area contributed by atoms with Crippen LogP contribution >= 0.6 is 0 Å². The van der Waals surface area contributed by atoms with Gasteiger partial charge in [-0.15, -0.1) is 0 Å². The van der Waals surface area contributed by atoms with Crippen LogP contribution in [-0.4, -0.2) is 12.4 Å². The van der Waals surface area contributed by atoms with Gasteiger partial charge in [0.15, 0.2) is 0 Å². The van der Waals surface area contributed by atoms with Gasteiger partial charge in [-0.2, -0.15) is 0 Å². The molecule has 0 amide bonds. The zero-order chi connectivity index (χ0) is 39.6. The highest BCUT2D eigenvalue weighted by Crippen LogP contribution is 2.57. The Bertz CT molecular complexity index is 2920. The van der Waals surface area contributed by atoms with Crippen LogP contribution in [0.2, 0.25) is 0 Å². The van der Waals surface area contributed by atoms with E-state index in [1.54, 1.807) is 0 Å². The summed E-state index contributed by atoms with van der Waals surface area (Å²) in [5.41, 5.74) is 20.8. The van der Waals surface area contributed by atoms with E-state index in [9.17, 15) is 0 Å². The second kappa shape index (κ2) is 12.3. The topological polar surface area (TPSA) is 13.0 Å². The predicted octanol–water partition coefficient (Wildman–Crippen LogP) is 12.1. The zero-order valence-electron chi connectivity index (χ0n) is 33.8. The van der Waals surface area contributed by atoms with Gasteiger partial charge >= 0.3 is 0 Å². The second-order valence-corrected chi connectivity index (χ2v) is 17.4. The van der Waals surface area contributed by atoms with Gasteiger partial charge in [0.05, 0.1) is 11.4 Å². The molecule has 12 rings (SSSR count). The number of para-hydroxylation sites is 4. The maximum absolute atomic E-state index is 2.64. The summed E-state index contributed by atoms with van der Waals surface area (Å²) in [5.74, 6) is 0. The average molecular weight is 759 g/mol. The van der Waals surface area contributed by atoms with Gasteiger partial charge in [-0.1, -0.05) is 123 Å². The Morgan fingerprint density at radius 1 is 0.424 bits per heavy atom. The quantitative estimate of drug-likeness (QED) is 0.162. The molecule has 0 saturated heterocycles. The van der Waals surface area contributed by atoms with Crippen molar-refractivity contribution in [2.75, 3.05) is 19.6 Å². The summed E-state index contributed by atoms with van der Waals surface area (Å²) in [6.45, 7) is 9.55. The minimum Gasteiger partial charge on any atom is -0.317 e. The highest BCUT2D eigenvalue weighted by molar-refractivity contribution is 7.00. The molecule has 0 spiro atoms. The fraction of sp³-hybridized carbons (Fsp3) is 0.111. The number of benzene rings is 8. The van der Waals surface area contributed by atoms with Gasteiger partial charge in [-0.3, -0.25) is 0 Å². The predicted molar refractivity (Wildman–Crippen MR) is 249 cm³/mol. The number of nitrogens with zero attached hydrogens (tertiary/aromatic N) is 4. The summed E-state index contributed by atoms with van der Waals surface area (Å²) < 4.78 is 0. The molecule has 3 heterocycles. The zero-order valence-corrected chi connectivity index (χ0v) is 33.8. The van der Waals surface area contributed by atoms with E-state index in [0.29, 0.717) is 0 Å². The molecule has 4 nitrogen and oxygen atoms in total. The maximum Gasteiger partial charge on any atom is 0.252 e. The van der Waals surface area contributed by atoms with E-state index in [2.05, 4.69) is 235 Å². The Hall–Kier alpha value is -6.98. The SMILES string of the molecule is CC1(C)c2ccccc2-c2cc3c(cc21)B1c2cc(N(c4ccccc4)c4ccccc4)cc4c2N(c2cccc(c21)N3c1ccccc1)C(C)(C)N4c1ccccc1. The van der Waals surface area contributed by atoms with Crippen molar-refractivity contribution in [1.29, 1.82) is 0 Å². The number of hydrogen-bond donors (Lipinski definition) is 0. The minimum atomic E-state index is -0.444. The summed E-state index contributed by atoms with van der Waals surface area (Å²) in [6, 6.07) is 69.6. The first-order chi connectivity index (χ1) is 28.8. The molecule has 8 aromatic carbocycles. The van der Waals surface area contributed by atoms with Gasteiger partial charge in [-0.05, 0) is 131 Å². The third-order valence-electron chi connectivity index (χ3n) is 13.4. The van der Waals surface area contributed by atoms with Crippen LogP contribution in [0.3, 0.4) is 0 Å². The fourth-order valence-electron chi connectivity index (χ4n) is 11.0. The van der Waals surface area contributed by atoms with Crippen LogP contribution < -0.4 is 36.0 Å². The standard InChI is InChI=1S/C54H43BN4/c1-53(2)43-29-18-17-28-41(43)42-34-49-45(35-44(42)53)55-46-32-40(56(36-20-9-5-10-21-36)37-22-11-6-12-23-37)33-50-52(46)59(54(3,4)58(50)39-26-15-8-16-27-39)48-31-19-30-47(51(48)55)57(49)38-24-13-7-14-25-38/h5-35H,1-4H3. The van der Waals surface area contributed by atoms with Gasteiger partial charge in [0.1, 0.15) is 5.66 Å². The van der Waals surface area contributed by atoms with Crippen molar-refractivity contribution in [3.8, 4) is 11.1 Å². The molecule has 0 unspecified atom stereocenters. The summed E-state index contributed by atoms with van der Waals surface area (Å²) >= 11 is 0. The monoisotopic (exact) mass is 758 g/mol.